The Bertz CT molecular complexity index is 559. The van der Waals surface area contributed by atoms with Gasteiger partial charge in [0.1, 0.15) is 5.69 Å². The Labute approximate surface area is 131 Å². The van der Waals surface area contributed by atoms with Crippen LogP contribution in [-0.4, -0.2) is 23.0 Å². The molecule has 0 unspecified atom stereocenters. The number of nitrogens with zero attached hydrogens (tertiary/aromatic N) is 2. The number of imidazole rings is 1. The molecule has 0 saturated heterocycles. The molecule has 5 heteroatoms. The molecule has 2 heterocycles. The molecule has 0 aliphatic carbocycles. The molecule has 2 aromatic heterocycles. The highest BCUT2D eigenvalue weighted by Crippen LogP contribution is 2.25. The van der Waals surface area contributed by atoms with Crippen molar-refractivity contribution in [1.29, 1.82) is 0 Å². The number of thiazole rings is 1. The standard InChI is InChI=1S/C16H27N3OS/c1-5-6-7-8-16(2,3)12-17-11-13-14(20-4)18-15-19(13)9-10-21-15/h9-10,17H,5-8,11-12H2,1-4H3. The number of hydrogen-bond donors (Lipinski definition) is 1. The van der Waals surface area contributed by atoms with Crippen LogP contribution in [0.25, 0.3) is 4.96 Å². The third-order valence-corrected chi connectivity index (χ3v) is 4.63. The molecule has 0 bridgehead atoms. The molecule has 0 aliphatic heterocycles. The Morgan fingerprint density at radius 2 is 2.19 bits per heavy atom. The van der Waals surface area contributed by atoms with Gasteiger partial charge in [-0.2, -0.15) is 4.98 Å². The van der Waals surface area contributed by atoms with Crippen LogP contribution in [-0.2, 0) is 6.54 Å². The summed E-state index contributed by atoms with van der Waals surface area (Å²) in [6.45, 7) is 8.73. The number of nitrogens with one attached hydrogen (secondary N) is 1. The van der Waals surface area contributed by atoms with Crippen molar-refractivity contribution in [2.45, 2.75) is 53.0 Å². The van der Waals surface area contributed by atoms with E-state index in [0.717, 1.165) is 29.6 Å². The molecule has 0 aliphatic rings. The topological polar surface area (TPSA) is 38.6 Å². The van der Waals surface area contributed by atoms with Crippen molar-refractivity contribution in [3.63, 3.8) is 0 Å². The average molecular weight is 309 g/mol. The number of fused-ring (bicyclic) bond motifs is 1. The smallest absolute Gasteiger partial charge is 0.237 e. The minimum atomic E-state index is 0.334. The van der Waals surface area contributed by atoms with E-state index < -0.39 is 0 Å². The number of unbranched alkanes of at least 4 members (excludes halogenated alkanes) is 2. The normalized spacial score (nSPS) is 12.2. The van der Waals surface area contributed by atoms with Crippen LogP contribution in [0.3, 0.4) is 0 Å². The van der Waals surface area contributed by atoms with Gasteiger partial charge in [-0.3, -0.25) is 4.40 Å². The fraction of sp³-hybridized carbons (Fsp3) is 0.688. The number of hydrogen-bond acceptors (Lipinski definition) is 4. The minimum absolute atomic E-state index is 0.334. The molecule has 0 amide bonds. The maximum Gasteiger partial charge on any atom is 0.237 e. The molecule has 0 atom stereocenters. The van der Waals surface area contributed by atoms with Gasteiger partial charge in [0, 0.05) is 24.7 Å². The molecule has 118 valence electrons. The van der Waals surface area contributed by atoms with Crippen LogP contribution in [0.1, 0.15) is 52.1 Å². The zero-order valence-electron chi connectivity index (χ0n) is 13.6. The Morgan fingerprint density at radius 1 is 1.38 bits per heavy atom. The molecule has 0 spiro atoms. The van der Waals surface area contributed by atoms with Crippen molar-refractivity contribution in [3.8, 4) is 5.88 Å². The summed E-state index contributed by atoms with van der Waals surface area (Å²) in [5, 5.41) is 5.63. The first-order chi connectivity index (χ1) is 10.1. The molecule has 0 radical (unpaired) electrons. The predicted molar refractivity (Wildman–Crippen MR) is 89.3 cm³/mol. The quantitative estimate of drug-likeness (QED) is 0.709. The van der Waals surface area contributed by atoms with Gasteiger partial charge in [-0.25, -0.2) is 0 Å². The molecule has 1 N–H and O–H groups in total. The molecule has 21 heavy (non-hydrogen) atoms. The highest BCUT2D eigenvalue weighted by molar-refractivity contribution is 7.15. The van der Waals surface area contributed by atoms with Gasteiger partial charge in [0.25, 0.3) is 0 Å². The summed E-state index contributed by atoms with van der Waals surface area (Å²) in [5.74, 6) is 0.734. The van der Waals surface area contributed by atoms with E-state index in [1.807, 2.05) is 0 Å². The van der Waals surface area contributed by atoms with E-state index in [-0.39, 0.29) is 0 Å². The first kappa shape index (κ1) is 16.3. The van der Waals surface area contributed by atoms with Crippen LogP contribution in [0.4, 0.5) is 0 Å². The van der Waals surface area contributed by atoms with Gasteiger partial charge in [-0.15, -0.1) is 11.3 Å². The van der Waals surface area contributed by atoms with Crippen molar-refractivity contribution >= 4 is 16.3 Å². The zero-order chi connectivity index (χ0) is 15.3. The monoisotopic (exact) mass is 309 g/mol. The Balaban J connectivity index is 1.91. The number of aromatic nitrogens is 2. The third-order valence-electron chi connectivity index (χ3n) is 3.87. The number of methoxy groups -OCH3 is 1. The minimum Gasteiger partial charge on any atom is -0.480 e. The number of ether oxygens (including phenoxy) is 1. The fourth-order valence-electron chi connectivity index (χ4n) is 2.60. The lowest BCUT2D eigenvalue weighted by Crippen LogP contribution is -2.29. The highest BCUT2D eigenvalue weighted by atomic mass is 32.1. The summed E-state index contributed by atoms with van der Waals surface area (Å²) in [7, 11) is 1.69. The maximum absolute atomic E-state index is 5.39. The lowest BCUT2D eigenvalue weighted by atomic mass is 9.87. The molecular weight excluding hydrogens is 282 g/mol. The summed E-state index contributed by atoms with van der Waals surface area (Å²) in [5.41, 5.74) is 1.44. The van der Waals surface area contributed by atoms with Crippen LogP contribution in [0.2, 0.25) is 0 Å². The van der Waals surface area contributed by atoms with Gasteiger partial charge in [-0.05, 0) is 11.8 Å². The van der Waals surface area contributed by atoms with E-state index >= 15 is 0 Å². The summed E-state index contributed by atoms with van der Waals surface area (Å²) in [6.07, 6.45) is 7.25. The lowest BCUT2D eigenvalue weighted by molar-refractivity contribution is 0.300. The first-order valence-electron chi connectivity index (χ1n) is 7.76. The van der Waals surface area contributed by atoms with Crippen LogP contribution in [0.5, 0.6) is 5.88 Å². The SMILES string of the molecule is CCCCCC(C)(C)CNCc1c(OC)nc2sccn12. The fourth-order valence-corrected chi connectivity index (χ4v) is 3.32. The van der Waals surface area contributed by atoms with E-state index in [0.29, 0.717) is 5.41 Å². The van der Waals surface area contributed by atoms with E-state index in [1.165, 1.54) is 25.7 Å². The Hall–Kier alpha value is -1.07. The van der Waals surface area contributed by atoms with Crippen molar-refractivity contribution in [2.24, 2.45) is 5.41 Å². The third kappa shape index (κ3) is 4.20. The largest absolute Gasteiger partial charge is 0.480 e. The second kappa shape index (κ2) is 7.27. The first-order valence-corrected chi connectivity index (χ1v) is 8.64. The predicted octanol–water partition coefficient (Wildman–Crippen LogP) is 4.10. The number of rotatable bonds is 9. The van der Waals surface area contributed by atoms with Crippen LogP contribution >= 0.6 is 11.3 Å². The van der Waals surface area contributed by atoms with Crippen LogP contribution < -0.4 is 10.1 Å². The molecule has 0 aromatic carbocycles. The summed E-state index contributed by atoms with van der Waals surface area (Å²) < 4.78 is 7.50. The van der Waals surface area contributed by atoms with Gasteiger partial charge in [-0.1, -0.05) is 40.0 Å². The van der Waals surface area contributed by atoms with E-state index in [1.54, 1.807) is 18.4 Å². The van der Waals surface area contributed by atoms with Crippen molar-refractivity contribution < 1.29 is 4.74 Å². The van der Waals surface area contributed by atoms with E-state index in [9.17, 15) is 0 Å². The van der Waals surface area contributed by atoms with Gasteiger partial charge in [0.15, 0.2) is 4.96 Å². The second-order valence-electron chi connectivity index (χ2n) is 6.35. The van der Waals surface area contributed by atoms with Crippen molar-refractivity contribution in [2.75, 3.05) is 13.7 Å². The molecule has 2 aromatic rings. The van der Waals surface area contributed by atoms with Gasteiger partial charge >= 0.3 is 0 Å². The van der Waals surface area contributed by atoms with E-state index in [2.05, 4.69) is 47.0 Å². The average Bonchev–Trinajstić information content (AvgIpc) is 3.00. The Kier molecular flexibility index (Phi) is 5.65. The molecule has 2 rings (SSSR count). The maximum atomic E-state index is 5.39. The van der Waals surface area contributed by atoms with Crippen LogP contribution in [0, 0.1) is 5.41 Å². The summed E-state index contributed by atoms with van der Waals surface area (Å²) >= 11 is 1.63. The molecule has 0 saturated carbocycles. The van der Waals surface area contributed by atoms with Gasteiger partial charge in [0.05, 0.1) is 7.11 Å². The second-order valence-corrected chi connectivity index (χ2v) is 7.22. The van der Waals surface area contributed by atoms with Crippen molar-refractivity contribution in [3.05, 3.63) is 17.3 Å². The highest BCUT2D eigenvalue weighted by Gasteiger charge is 2.18. The zero-order valence-corrected chi connectivity index (χ0v) is 14.4. The molecular formula is C16H27N3OS. The van der Waals surface area contributed by atoms with E-state index in [4.69, 9.17) is 4.74 Å². The molecule has 4 nitrogen and oxygen atoms in total. The lowest BCUT2D eigenvalue weighted by Gasteiger charge is -2.25. The summed E-state index contributed by atoms with van der Waals surface area (Å²) in [6, 6.07) is 0. The van der Waals surface area contributed by atoms with Gasteiger partial charge < -0.3 is 10.1 Å². The van der Waals surface area contributed by atoms with Crippen LogP contribution in [0.15, 0.2) is 11.6 Å². The van der Waals surface area contributed by atoms with Crippen molar-refractivity contribution in [1.82, 2.24) is 14.7 Å². The Morgan fingerprint density at radius 3 is 2.90 bits per heavy atom. The van der Waals surface area contributed by atoms with Gasteiger partial charge in [0.2, 0.25) is 5.88 Å². The molecule has 0 fully saturated rings. The summed E-state index contributed by atoms with van der Waals surface area (Å²) in [4.78, 5) is 5.48.